The molecule has 1 aliphatic heterocycles. The third-order valence-corrected chi connectivity index (χ3v) is 3.55. The molecule has 1 aromatic rings. The first-order chi connectivity index (χ1) is 11.0. The zero-order valence-electron chi connectivity index (χ0n) is 12.4. The number of amides is 2. The lowest BCUT2D eigenvalue weighted by Gasteiger charge is -2.30. The smallest absolute Gasteiger partial charge is 0.321 e. The Bertz CT molecular complexity index is 568. The zero-order chi connectivity index (χ0) is 16.8. The van der Waals surface area contributed by atoms with Crippen molar-refractivity contribution in [1.29, 1.82) is 0 Å². The number of likely N-dealkylation sites (tertiary alicyclic amines) is 1. The Morgan fingerprint density at radius 1 is 1.39 bits per heavy atom. The van der Waals surface area contributed by atoms with Crippen LogP contribution in [0.5, 0.6) is 5.75 Å². The summed E-state index contributed by atoms with van der Waals surface area (Å²) in [5.41, 5.74) is 0.274. The van der Waals surface area contributed by atoms with Crippen molar-refractivity contribution < 1.29 is 28.2 Å². The van der Waals surface area contributed by atoms with E-state index in [-0.39, 0.29) is 18.0 Å². The number of para-hydroxylation sites is 2. The number of carbonyl (C=O) groups excluding carboxylic acids is 1. The molecule has 1 unspecified atom stereocenters. The van der Waals surface area contributed by atoms with Gasteiger partial charge in [0.15, 0.2) is 0 Å². The largest absolute Gasteiger partial charge is 0.485 e. The van der Waals surface area contributed by atoms with Gasteiger partial charge < -0.3 is 20.1 Å². The number of benzene rings is 1. The van der Waals surface area contributed by atoms with Gasteiger partial charge in [-0.2, -0.15) is 0 Å². The lowest BCUT2D eigenvalue weighted by molar-refractivity contribution is -0.143. The number of nitrogens with one attached hydrogen (secondary N) is 1. The molecule has 2 rings (SSSR count). The fourth-order valence-electron chi connectivity index (χ4n) is 2.41. The molecule has 0 aromatic heterocycles. The molecule has 0 spiro atoms. The zero-order valence-corrected chi connectivity index (χ0v) is 12.4. The quantitative estimate of drug-likeness (QED) is 0.871. The first-order valence-corrected chi connectivity index (χ1v) is 7.26. The highest BCUT2D eigenvalue weighted by atomic mass is 19.3. The van der Waals surface area contributed by atoms with Crippen molar-refractivity contribution in [3.63, 3.8) is 0 Å². The highest BCUT2D eigenvalue weighted by molar-refractivity contribution is 5.91. The number of carboxylic acids is 1. The van der Waals surface area contributed by atoms with Gasteiger partial charge in [-0.05, 0) is 25.0 Å². The van der Waals surface area contributed by atoms with Gasteiger partial charge >= 0.3 is 12.0 Å². The maximum atomic E-state index is 12.2. The highest BCUT2D eigenvalue weighted by Crippen LogP contribution is 2.25. The summed E-state index contributed by atoms with van der Waals surface area (Å²) in [5, 5.41) is 11.6. The molecular weight excluding hydrogens is 310 g/mol. The molecule has 0 bridgehead atoms. The first kappa shape index (κ1) is 17.0. The Morgan fingerprint density at radius 2 is 2.13 bits per heavy atom. The molecule has 1 aliphatic rings. The van der Waals surface area contributed by atoms with E-state index in [9.17, 15) is 18.4 Å². The number of nitrogens with zero attached hydrogens (tertiary/aromatic N) is 1. The van der Waals surface area contributed by atoms with Crippen molar-refractivity contribution >= 4 is 17.7 Å². The molecule has 0 radical (unpaired) electrons. The number of aliphatic carboxylic acids is 1. The second kappa shape index (κ2) is 7.75. The van der Waals surface area contributed by atoms with Crippen LogP contribution in [0.3, 0.4) is 0 Å². The van der Waals surface area contributed by atoms with Gasteiger partial charge in [-0.1, -0.05) is 12.1 Å². The van der Waals surface area contributed by atoms with Crippen LogP contribution in [0.25, 0.3) is 0 Å². The van der Waals surface area contributed by atoms with Crippen LogP contribution in [0, 0.1) is 5.92 Å². The lowest BCUT2D eigenvalue weighted by atomic mass is 9.99. The molecule has 8 heteroatoms. The van der Waals surface area contributed by atoms with Gasteiger partial charge in [0.2, 0.25) is 0 Å². The fraction of sp³-hybridized carbons (Fsp3) is 0.467. The number of piperidine rings is 1. The number of ether oxygens (including phenoxy) is 1. The molecule has 23 heavy (non-hydrogen) atoms. The van der Waals surface area contributed by atoms with E-state index in [1.165, 1.54) is 17.0 Å². The minimum Gasteiger partial charge on any atom is -0.485 e. The Labute approximate surface area is 132 Å². The SMILES string of the molecule is O=C(O)C1CCCN(C(=O)Nc2ccccc2OCC(F)F)C1. The number of carboxylic acid groups (broad SMARTS) is 1. The maximum Gasteiger partial charge on any atom is 0.321 e. The summed E-state index contributed by atoms with van der Waals surface area (Å²) in [6, 6.07) is 5.80. The molecule has 2 N–H and O–H groups in total. The fourth-order valence-corrected chi connectivity index (χ4v) is 2.41. The van der Waals surface area contributed by atoms with Crippen LogP contribution in [0.1, 0.15) is 12.8 Å². The van der Waals surface area contributed by atoms with Gasteiger partial charge in [0.05, 0.1) is 11.6 Å². The minimum atomic E-state index is -2.61. The lowest BCUT2D eigenvalue weighted by Crippen LogP contribution is -2.44. The minimum absolute atomic E-state index is 0.126. The molecule has 1 heterocycles. The number of alkyl halides is 2. The molecule has 1 saturated heterocycles. The van der Waals surface area contributed by atoms with Gasteiger partial charge in [-0.25, -0.2) is 13.6 Å². The van der Waals surface area contributed by atoms with Gasteiger partial charge in [-0.15, -0.1) is 0 Å². The third-order valence-electron chi connectivity index (χ3n) is 3.55. The second-order valence-corrected chi connectivity index (χ2v) is 5.25. The molecule has 1 fully saturated rings. The van der Waals surface area contributed by atoms with E-state index < -0.39 is 31.0 Å². The van der Waals surface area contributed by atoms with Crippen molar-refractivity contribution in [2.24, 2.45) is 5.92 Å². The van der Waals surface area contributed by atoms with Crippen LogP contribution >= 0.6 is 0 Å². The van der Waals surface area contributed by atoms with Crippen molar-refractivity contribution in [2.75, 3.05) is 25.0 Å². The molecule has 6 nitrogen and oxygen atoms in total. The topological polar surface area (TPSA) is 78.9 Å². The molecule has 126 valence electrons. The highest BCUT2D eigenvalue weighted by Gasteiger charge is 2.28. The third kappa shape index (κ3) is 4.80. The van der Waals surface area contributed by atoms with E-state index in [4.69, 9.17) is 9.84 Å². The van der Waals surface area contributed by atoms with Gasteiger partial charge in [0.25, 0.3) is 6.43 Å². The molecule has 0 saturated carbocycles. The van der Waals surface area contributed by atoms with Crippen molar-refractivity contribution in [3.8, 4) is 5.75 Å². The van der Waals surface area contributed by atoms with E-state index in [2.05, 4.69) is 5.32 Å². The summed E-state index contributed by atoms with van der Waals surface area (Å²) in [6.45, 7) is -0.186. The van der Waals surface area contributed by atoms with Gasteiger partial charge in [0.1, 0.15) is 12.4 Å². The molecule has 2 amide bonds. The van der Waals surface area contributed by atoms with Crippen molar-refractivity contribution in [2.45, 2.75) is 19.3 Å². The number of rotatable bonds is 5. The standard InChI is InChI=1S/C15H18F2N2O4/c16-13(17)9-23-12-6-2-1-5-11(12)18-15(22)19-7-3-4-10(8-19)14(20)21/h1-2,5-6,10,13H,3-4,7-9H2,(H,18,22)(H,20,21). The average Bonchev–Trinajstić information content (AvgIpc) is 2.54. The van der Waals surface area contributed by atoms with E-state index >= 15 is 0 Å². The second-order valence-electron chi connectivity index (χ2n) is 5.25. The van der Waals surface area contributed by atoms with Crippen LogP contribution in [-0.2, 0) is 4.79 Å². The van der Waals surface area contributed by atoms with Crippen LogP contribution in [0.4, 0.5) is 19.3 Å². The maximum absolute atomic E-state index is 12.2. The van der Waals surface area contributed by atoms with Crippen molar-refractivity contribution in [3.05, 3.63) is 24.3 Å². The Morgan fingerprint density at radius 3 is 2.83 bits per heavy atom. The molecule has 1 atom stereocenters. The van der Waals surface area contributed by atoms with E-state index in [0.29, 0.717) is 19.4 Å². The van der Waals surface area contributed by atoms with E-state index in [1.54, 1.807) is 12.1 Å². The number of hydrogen-bond acceptors (Lipinski definition) is 3. The number of halogens is 2. The predicted molar refractivity (Wildman–Crippen MR) is 78.9 cm³/mol. The molecule has 1 aromatic carbocycles. The van der Waals surface area contributed by atoms with Gasteiger partial charge in [0, 0.05) is 13.1 Å². The Balaban J connectivity index is 2.01. The van der Waals surface area contributed by atoms with Crippen LogP contribution in [-0.4, -0.2) is 48.1 Å². The molecular formula is C15H18F2N2O4. The van der Waals surface area contributed by atoms with E-state index in [1.807, 2.05) is 0 Å². The van der Waals surface area contributed by atoms with E-state index in [0.717, 1.165) is 0 Å². The molecule has 0 aliphatic carbocycles. The first-order valence-electron chi connectivity index (χ1n) is 7.26. The Hall–Kier alpha value is -2.38. The summed E-state index contributed by atoms with van der Waals surface area (Å²) in [5.74, 6) is -1.36. The monoisotopic (exact) mass is 328 g/mol. The van der Waals surface area contributed by atoms with Crippen LogP contribution < -0.4 is 10.1 Å². The predicted octanol–water partition coefficient (Wildman–Crippen LogP) is 2.66. The number of carbonyl (C=O) groups is 2. The summed E-state index contributed by atoms with van der Waals surface area (Å²) >= 11 is 0. The number of hydrogen-bond donors (Lipinski definition) is 2. The van der Waals surface area contributed by atoms with Crippen LogP contribution in [0.15, 0.2) is 24.3 Å². The average molecular weight is 328 g/mol. The Kier molecular flexibility index (Phi) is 5.72. The van der Waals surface area contributed by atoms with Gasteiger partial charge in [-0.3, -0.25) is 4.79 Å². The number of anilines is 1. The summed E-state index contributed by atoms with van der Waals surface area (Å²) in [4.78, 5) is 24.7. The summed E-state index contributed by atoms with van der Waals surface area (Å²) < 4.78 is 29.5. The number of urea groups is 1. The van der Waals surface area contributed by atoms with Crippen molar-refractivity contribution in [1.82, 2.24) is 4.90 Å². The normalized spacial score (nSPS) is 17.9. The summed E-state index contributed by atoms with van der Waals surface area (Å²) in [7, 11) is 0. The summed E-state index contributed by atoms with van der Waals surface area (Å²) in [6.07, 6.45) is -1.47. The van der Waals surface area contributed by atoms with Crippen LogP contribution in [0.2, 0.25) is 0 Å².